The van der Waals surface area contributed by atoms with Crippen molar-refractivity contribution in [2.45, 2.75) is 12.5 Å². The largest absolute Gasteiger partial charge is 0.349 e. The van der Waals surface area contributed by atoms with E-state index in [9.17, 15) is 4.79 Å². The Balaban J connectivity index is 1.69. The van der Waals surface area contributed by atoms with Crippen molar-refractivity contribution in [3.05, 3.63) is 77.4 Å². The molecule has 0 saturated carbocycles. The molecule has 1 heterocycles. The number of β-lactam (4-membered cyclic amide) rings is 1. The molecular formula is C19H16N2O. The molecule has 0 unspecified atom stereocenters. The Labute approximate surface area is 129 Å². The number of hydrogen-bond acceptors (Lipinski definition) is 2. The number of nitrogens with one attached hydrogen (secondary N) is 1. The van der Waals surface area contributed by atoms with Crippen LogP contribution in [0.5, 0.6) is 0 Å². The van der Waals surface area contributed by atoms with Crippen LogP contribution in [0.25, 0.3) is 6.08 Å². The van der Waals surface area contributed by atoms with Gasteiger partial charge in [0, 0.05) is 0 Å². The van der Waals surface area contributed by atoms with Crippen molar-refractivity contribution >= 4 is 12.0 Å². The van der Waals surface area contributed by atoms with Crippen molar-refractivity contribution in [2.24, 2.45) is 5.92 Å². The summed E-state index contributed by atoms with van der Waals surface area (Å²) < 4.78 is 0. The highest BCUT2D eigenvalue weighted by Gasteiger charge is 2.37. The van der Waals surface area contributed by atoms with Gasteiger partial charge in [0.25, 0.3) is 0 Å². The zero-order chi connectivity index (χ0) is 15.4. The summed E-state index contributed by atoms with van der Waals surface area (Å²) in [5.41, 5.74) is 2.78. The molecule has 2 atom stereocenters. The van der Waals surface area contributed by atoms with Crippen molar-refractivity contribution in [1.29, 1.82) is 5.26 Å². The van der Waals surface area contributed by atoms with E-state index in [0.29, 0.717) is 12.0 Å². The zero-order valence-electron chi connectivity index (χ0n) is 12.1. The van der Waals surface area contributed by atoms with Crippen LogP contribution in [0.15, 0.2) is 60.7 Å². The van der Waals surface area contributed by atoms with Gasteiger partial charge in [-0.3, -0.25) is 4.79 Å². The Hall–Kier alpha value is -2.86. The van der Waals surface area contributed by atoms with Gasteiger partial charge in [-0.15, -0.1) is 0 Å². The summed E-state index contributed by atoms with van der Waals surface area (Å²) in [7, 11) is 0. The normalized spacial score (nSPS) is 20.2. The third-order valence-electron chi connectivity index (χ3n) is 3.89. The molecule has 108 valence electrons. The Morgan fingerprint density at radius 3 is 2.68 bits per heavy atom. The second kappa shape index (κ2) is 6.28. The predicted molar refractivity (Wildman–Crippen MR) is 85.8 cm³/mol. The van der Waals surface area contributed by atoms with Crippen molar-refractivity contribution in [2.75, 3.05) is 0 Å². The van der Waals surface area contributed by atoms with E-state index < -0.39 is 0 Å². The molecule has 22 heavy (non-hydrogen) atoms. The van der Waals surface area contributed by atoms with Crippen molar-refractivity contribution < 1.29 is 4.79 Å². The predicted octanol–water partition coefficient (Wildman–Crippen LogP) is 2.93. The molecule has 1 fully saturated rings. The van der Waals surface area contributed by atoms with Gasteiger partial charge in [0.2, 0.25) is 5.91 Å². The van der Waals surface area contributed by atoms with E-state index in [2.05, 4.69) is 11.4 Å². The van der Waals surface area contributed by atoms with Crippen LogP contribution in [0.4, 0.5) is 0 Å². The summed E-state index contributed by atoms with van der Waals surface area (Å²) in [6.45, 7) is 0. The molecule has 0 aromatic heterocycles. The minimum Gasteiger partial charge on any atom is -0.349 e. The highest BCUT2D eigenvalue weighted by Crippen LogP contribution is 2.22. The summed E-state index contributed by atoms with van der Waals surface area (Å²) in [6, 6.07) is 19.7. The van der Waals surface area contributed by atoms with Crippen LogP contribution < -0.4 is 5.32 Å². The van der Waals surface area contributed by atoms with Gasteiger partial charge in [0.05, 0.1) is 23.6 Å². The van der Waals surface area contributed by atoms with Gasteiger partial charge >= 0.3 is 0 Å². The molecular weight excluding hydrogens is 272 g/mol. The second-order valence-corrected chi connectivity index (χ2v) is 5.43. The fourth-order valence-corrected chi connectivity index (χ4v) is 2.64. The lowest BCUT2D eigenvalue weighted by molar-refractivity contribution is -0.133. The number of nitriles is 1. The lowest BCUT2D eigenvalue weighted by atomic mass is 9.84. The smallest absolute Gasteiger partial charge is 0.226 e. The van der Waals surface area contributed by atoms with Gasteiger partial charge in [-0.2, -0.15) is 5.26 Å². The fraction of sp³-hybridized carbons (Fsp3) is 0.158. The van der Waals surface area contributed by atoms with E-state index in [-0.39, 0.29) is 17.9 Å². The van der Waals surface area contributed by atoms with Gasteiger partial charge in [-0.25, -0.2) is 0 Å². The average Bonchev–Trinajstić information content (AvgIpc) is 2.57. The highest BCUT2D eigenvalue weighted by molar-refractivity contribution is 5.87. The monoisotopic (exact) mass is 288 g/mol. The first-order chi connectivity index (χ1) is 10.8. The minimum atomic E-state index is -0.0612. The molecule has 3 nitrogen and oxygen atoms in total. The first-order valence-electron chi connectivity index (χ1n) is 7.29. The number of benzene rings is 2. The van der Waals surface area contributed by atoms with Crippen molar-refractivity contribution in [1.82, 2.24) is 5.32 Å². The van der Waals surface area contributed by atoms with E-state index >= 15 is 0 Å². The highest BCUT2D eigenvalue weighted by atomic mass is 16.2. The summed E-state index contributed by atoms with van der Waals surface area (Å²) in [5, 5.41) is 11.9. The molecule has 1 saturated heterocycles. The Kier molecular flexibility index (Phi) is 4.02. The van der Waals surface area contributed by atoms with Crippen LogP contribution in [-0.2, 0) is 11.2 Å². The quantitative estimate of drug-likeness (QED) is 0.879. The number of carbonyl (C=O) groups excluding carboxylic acids is 1. The van der Waals surface area contributed by atoms with Crippen LogP contribution >= 0.6 is 0 Å². The maximum absolute atomic E-state index is 11.8. The molecule has 0 radical (unpaired) electrons. The topological polar surface area (TPSA) is 52.9 Å². The van der Waals surface area contributed by atoms with E-state index in [1.165, 1.54) is 0 Å². The van der Waals surface area contributed by atoms with Gasteiger partial charge in [-0.05, 0) is 29.7 Å². The van der Waals surface area contributed by atoms with E-state index in [1.54, 1.807) is 6.07 Å². The lowest BCUT2D eigenvalue weighted by Gasteiger charge is -2.35. The minimum absolute atomic E-state index is 0.0541. The summed E-state index contributed by atoms with van der Waals surface area (Å²) in [4.78, 5) is 11.8. The number of carbonyl (C=O) groups is 1. The molecule has 3 heteroatoms. The standard InChI is InChI=1S/C19H16N2O/c20-13-16-8-4-7-15(11-16)12-17-18(21-19(17)22)10-9-14-5-2-1-3-6-14/h1-11,17-18H,12H2,(H,21,22)/b10-9+/t17-,18-/m1/s1. The van der Waals surface area contributed by atoms with Crippen molar-refractivity contribution in [3.63, 3.8) is 0 Å². The first kappa shape index (κ1) is 14.1. The fourth-order valence-electron chi connectivity index (χ4n) is 2.64. The third kappa shape index (κ3) is 3.07. The number of amides is 1. The molecule has 1 aliphatic heterocycles. The van der Waals surface area contributed by atoms with Crippen LogP contribution in [0.1, 0.15) is 16.7 Å². The molecule has 0 aliphatic carbocycles. The van der Waals surface area contributed by atoms with E-state index in [0.717, 1.165) is 11.1 Å². The molecule has 1 aliphatic rings. The summed E-state index contributed by atoms with van der Waals surface area (Å²) in [5.74, 6) is 0.0129. The number of nitrogens with zero attached hydrogens (tertiary/aromatic N) is 1. The zero-order valence-corrected chi connectivity index (χ0v) is 12.1. The van der Waals surface area contributed by atoms with Gasteiger partial charge < -0.3 is 5.32 Å². The maximum Gasteiger partial charge on any atom is 0.226 e. The molecule has 3 rings (SSSR count). The van der Waals surface area contributed by atoms with Gasteiger partial charge in [0.15, 0.2) is 0 Å². The third-order valence-corrected chi connectivity index (χ3v) is 3.89. The van der Waals surface area contributed by atoms with Crippen molar-refractivity contribution in [3.8, 4) is 6.07 Å². The molecule has 1 amide bonds. The summed E-state index contributed by atoms with van der Waals surface area (Å²) in [6.07, 6.45) is 4.73. The number of hydrogen-bond donors (Lipinski definition) is 1. The molecule has 2 aromatic rings. The average molecular weight is 288 g/mol. The van der Waals surface area contributed by atoms with Crippen LogP contribution in [0.3, 0.4) is 0 Å². The van der Waals surface area contributed by atoms with Crippen LogP contribution in [-0.4, -0.2) is 11.9 Å². The van der Waals surface area contributed by atoms with Gasteiger partial charge in [-0.1, -0.05) is 54.6 Å². The Morgan fingerprint density at radius 2 is 1.95 bits per heavy atom. The number of rotatable bonds is 4. The van der Waals surface area contributed by atoms with Crippen LogP contribution in [0, 0.1) is 17.2 Å². The first-order valence-corrected chi connectivity index (χ1v) is 7.29. The SMILES string of the molecule is N#Cc1cccc(C[C@H]2C(=O)N[C@@H]2/C=C/c2ccccc2)c1. The lowest BCUT2D eigenvalue weighted by Crippen LogP contribution is -2.57. The molecule has 0 bridgehead atoms. The molecule has 0 spiro atoms. The van der Waals surface area contributed by atoms with E-state index in [1.807, 2.05) is 60.7 Å². The Morgan fingerprint density at radius 1 is 1.14 bits per heavy atom. The summed E-state index contributed by atoms with van der Waals surface area (Å²) >= 11 is 0. The maximum atomic E-state index is 11.8. The van der Waals surface area contributed by atoms with Gasteiger partial charge in [0.1, 0.15) is 0 Å². The molecule has 2 aromatic carbocycles. The molecule has 1 N–H and O–H groups in total. The van der Waals surface area contributed by atoms with E-state index in [4.69, 9.17) is 5.26 Å². The van der Waals surface area contributed by atoms with Crippen LogP contribution in [0.2, 0.25) is 0 Å². The second-order valence-electron chi connectivity index (χ2n) is 5.43. The Bertz CT molecular complexity index is 744.